The lowest BCUT2D eigenvalue weighted by Gasteiger charge is -2.09. The largest absolute Gasteiger partial charge is 0.496 e. The van der Waals surface area contributed by atoms with E-state index in [0.29, 0.717) is 40.5 Å². The van der Waals surface area contributed by atoms with E-state index >= 15 is 0 Å². The van der Waals surface area contributed by atoms with Gasteiger partial charge in [0, 0.05) is 19.4 Å². The average molecular weight is 363 g/mol. The zero-order chi connectivity index (χ0) is 18.5. The highest BCUT2D eigenvalue weighted by Gasteiger charge is 2.22. The second kappa shape index (κ2) is 5.56. The predicted octanol–water partition coefficient (Wildman–Crippen LogP) is 1.44. The Morgan fingerprint density at radius 3 is 2.70 bits per heavy atom. The van der Waals surface area contributed by atoms with Gasteiger partial charge in [0.1, 0.15) is 17.8 Å². The van der Waals surface area contributed by atoms with Crippen LogP contribution in [0.5, 0.6) is 5.75 Å². The molecule has 0 bridgehead atoms. The average Bonchev–Trinajstić information content (AvgIpc) is 3.39. The Bertz CT molecular complexity index is 1300. The van der Waals surface area contributed by atoms with Crippen molar-refractivity contribution in [2.75, 3.05) is 7.11 Å². The van der Waals surface area contributed by atoms with Crippen molar-refractivity contribution in [1.29, 1.82) is 0 Å². The number of benzene rings is 1. The molecule has 5 aromatic rings. The number of ether oxygens (including phenoxy) is 1. The molecule has 0 saturated heterocycles. The van der Waals surface area contributed by atoms with Gasteiger partial charge in [0.2, 0.25) is 23.4 Å². The minimum atomic E-state index is 0.301. The van der Waals surface area contributed by atoms with Gasteiger partial charge in [-0.05, 0) is 6.07 Å². The standard InChI is InChI=1S/C16H13N9O2/c1-8-18-14(23-27-8)16-20-19-15-9-5-4-6-10(26-3)11(9)12(21-25(15)16)13-17-7-24(2)22-13/h4-7H,1-3H3. The lowest BCUT2D eigenvalue weighted by atomic mass is 10.1. The van der Waals surface area contributed by atoms with E-state index in [1.54, 1.807) is 36.6 Å². The second-order valence-electron chi connectivity index (χ2n) is 5.87. The molecule has 4 heterocycles. The molecule has 0 unspecified atom stereocenters. The summed E-state index contributed by atoms with van der Waals surface area (Å²) in [7, 11) is 3.40. The summed E-state index contributed by atoms with van der Waals surface area (Å²) in [6.45, 7) is 1.71. The summed E-state index contributed by atoms with van der Waals surface area (Å²) >= 11 is 0. The number of hydrogen-bond donors (Lipinski definition) is 0. The molecule has 0 fully saturated rings. The highest BCUT2D eigenvalue weighted by Crippen LogP contribution is 2.34. The molecule has 0 N–H and O–H groups in total. The van der Waals surface area contributed by atoms with Crippen LogP contribution in [-0.2, 0) is 7.05 Å². The SMILES string of the molecule is COc1cccc2c1c(-c1ncn(C)n1)nn1c(-c3noc(C)n3)nnc21. The van der Waals surface area contributed by atoms with Crippen molar-refractivity contribution in [2.24, 2.45) is 7.05 Å². The molecule has 1 aromatic carbocycles. The molecular formula is C16H13N9O2. The maximum atomic E-state index is 5.54. The minimum Gasteiger partial charge on any atom is -0.496 e. The highest BCUT2D eigenvalue weighted by atomic mass is 16.5. The molecule has 134 valence electrons. The summed E-state index contributed by atoms with van der Waals surface area (Å²) in [6.07, 6.45) is 1.61. The fourth-order valence-electron chi connectivity index (χ4n) is 2.96. The van der Waals surface area contributed by atoms with Crippen LogP contribution in [0.2, 0.25) is 0 Å². The molecule has 11 nitrogen and oxygen atoms in total. The van der Waals surface area contributed by atoms with Crippen LogP contribution in [0.4, 0.5) is 0 Å². The molecule has 0 saturated carbocycles. The molecule has 0 spiro atoms. The minimum absolute atomic E-state index is 0.301. The first-order chi connectivity index (χ1) is 13.2. The van der Waals surface area contributed by atoms with E-state index in [1.807, 2.05) is 18.2 Å². The zero-order valence-electron chi connectivity index (χ0n) is 14.7. The quantitative estimate of drug-likeness (QED) is 0.468. The van der Waals surface area contributed by atoms with Crippen LogP contribution < -0.4 is 4.74 Å². The maximum absolute atomic E-state index is 5.54. The topological polar surface area (TPSA) is 122 Å². The Morgan fingerprint density at radius 2 is 2.00 bits per heavy atom. The Kier molecular flexibility index (Phi) is 3.16. The molecule has 11 heteroatoms. The lowest BCUT2D eigenvalue weighted by Crippen LogP contribution is -2.02. The molecular weight excluding hydrogens is 350 g/mol. The Hall–Kier alpha value is -3.89. The van der Waals surface area contributed by atoms with Crippen molar-refractivity contribution in [3.63, 3.8) is 0 Å². The molecule has 0 aliphatic carbocycles. The first-order valence-corrected chi connectivity index (χ1v) is 8.04. The number of methoxy groups -OCH3 is 1. The van der Waals surface area contributed by atoms with E-state index < -0.39 is 0 Å². The van der Waals surface area contributed by atoms with Crippen LogP contribution in [0.15, 0.2) is 29.0 Å². The normalized spacial score (nSPS) is 11.5. The van der Waals surface area contributed by atoms with Gasteiger partial charge >= 0.3 is 0 Å². The van der Waals surface area contributed by atoms with E-state index in [1.165, 1.54) is 0 Å². The number of hydrogen-bond acceptors (Lipinski definition) is 9. The lowest BCUT2D eigenvalue weighted by molar-refractivity contribution is 0.394. The van der Waals surface area contributed by atoms with Gasteiger partial charge < -0.3 is 9.26 Å². The molecule has 0 amide bonds. The zero-order valence-corrected chi connectivity index (χ0v) is 14.7. The van der Waals surface area contributed by atoms with Crippen molar-refractivity contribution in [1.82, 2.24) is 44.7 Å². The van der Waals surface area contributed by atoms with Gasteiger partial charge in [-0.25, -0.2) is 4.98 Å². The third kappa shape index (κ3) is 2.25. The van der Waals surface area contributed by atoms with Crippen molar-refractivity contribution in [3.05, 3.63) is 30.4 Å². The van der Waals surface area contributed by atoms with Crippen LogP contribution >= 0.6 is 0 Å². The molecule has 5 rings (SSSR count). The van der Waals surface area contributed by atoms with Gasteiger partial charge in [-0.3, -0.25) is 4.68 Å². The van der Waals surface area contributed by atoms with Gasteiger partial charge in [-0.2, -0.15) is 14.6 Å². The monoisotopic (exact) mass is 363 g/mol. The summed E-state index contributed by atoms with van der Waals surface area (Å²) in [6, 6.07) is 5.65. The Labute approximate surface area is 151 Å². The summed E-state index contributed by atoms with van der Waals surface area (Å²) in [5, 5.41) is 23.0. The summed E-state index contributed by atoms with van der Waals surface area (Å²) in [5.41, 5.74) is 1.08. The van der Waals surface area contributed by atoms with Crippen LogP contribution in [0.25, 0.3) is 39.6 Å². The smallest absolute Gasteiger partial charge is 0.242 e. The fourth-order valence-corrected chi connectivity index (χ4v) is 2.96. The van der Waals surface area contributed by atoms with Gasteiger partial charge in [-0.15, -0.1) is 15.3 Å². The fraction of sp³-hybridized carbons (Fsp3) is 0.188. The first kappa shape index (κ1) is 15.4. The molecule has 0 atom stereocenters. The van der Waals surface area contributed by atoms with E-state index in [-0.39, 0.29) is 0 Å². The van der Waals surface area contributed by atoms with E-state index in [0.717, 1.165) is 10.8 Å². The summed E-state index contributed by atoms with van der Waals surface area (Å²) in [5.74, 6) is 2.19. The molecule has 0 aliphatic heterocycles. The van der Waals surface area contributed by atoms with Gasteiger partial charge in [0.05, 0.1) is 12.5 Å². The van der Waals surface area contributed by atoms with E-state index in [4.69, 9.17) is 14.4 Å². The summed E-state index contributed by atoms with van der Waals surface area (Å²) in [4.78, 5) is 8.56. The molecule has 4 aromatic heterocycles. The van der Waals surface area contributed by atoms with Crippen molar-refractivity contribution in [2.45, 2.75) is 6.92 Å². The third-order valence-electron chi connectivity index (χ3n) is 4.10. The van der Waals surface area contributed by atoms with Crippen LogP contribution in [-0.4, -0.2) is 51.8 Å². The molecule has 27 heavy (non-hydrogen) atoms. The third-order valence-corrected chi connectivity index (χ3v) is 4.10. The van der Waals surface area contributed by atoms with Crippen molar-refractivity contribution in [3.8, 4) is 28.9 Å². The first-order valence-electron chi connectivity index (χ1n) is 8.04. The van der Waals surface area contributed by atoms with Crippen molar-refractivity contribution >= 4 is 16.4 Å². The number of aromatic nitrogens is 9. The van der Waals surface area contributed by atoms with Crippen LogP contribution in [0, 0.1) is 6.92 Å². The number of rotatable bonds is 3. The number of fused-ring (bicyclic) bond motifs is 3. The second-order valence-corrected chi connectivity index (χ2v) is 5.87. The maximum Gasteiger partial charge on any atom is 0.242 e. The Morgan fingerprint density at radius 1 is 1.11 bits per heavy atom. The van der Waals surface area contributed by atoms with Gasteiger partial charge in [-0.1, -0.05) is 17.3 Å². The molecule has 0 aliphatic rings. The van der Waals surface area contributed by atoms with E-state index in [2.05, 4.69) is 30.4 Å². The highest BCUT2D eigenvalue weighted by molar-refractivity contribution is 6.04. The predicted molar refractivity (Wildman–Crippen MR) is 92.9 cm³/mol. The number of aryl methyl sites for hydroxylation is 2. The Balaban J connectivity index is 1.92. The van der Waals surface area contributed by atoms with Gasteiger partial charge in [0.25, 0.3) is 0 Å². The van der Waals surface area contributed by atoms with Crippen LogP contribution in [0.1, 0.15) is 5.89 Å². The van der Waals surface area contributed by atoms with Gasteiger partial charge in [0.15, 0.2) is 5.65 Å². The number of nitrogens with zero attached hydrogens (tertiary/aromatic N) is 9. The van der Waals surface area contributed by atoms with Crippen molar-refractivity contribution < 1.29 is 9.26 Å². The molecule has 0 radical (unpaired) electrons. The summed E-state index contributed by atoms with van der Waals surface area (Å²) < 4.78 is 13.8. The van der Waals surface area contributed by atoms with E-state index in [9.17, 15) is 0 Å². The van der Waals surface area contributed by atoms with Crippen LogP contribution in [0.3, 0.4) is 0 Å².